The number of likely N-dealkylation sites (tertiary alicyclic amines) is 1. The number of ether oxygens (including phenoxy) is 1. The number of carboxylic acid groups (broad SMARTS) is 1. The normalized spacial score (nSPS) is 17.9. The van der Waals surface area contributed by atoms with Gasteiger partial charge in [-0.15, -0.1) is 0 Å². The average Bonchev–Trinajstić information content (AvgIpc) is 3.40. The number of carbonyl (C=O) groups excluding carboxylic acids is 2. The Balaban J connectivity index is 0.00000118. The van der Waals surface area contributed by atoms with Crippen LogP contribution >= 0.6 is 0 Å². The molecule has 2 saturated heterocycles. The lowest BCUT2D eigenvalue weighted by Gasteiger charge is -2.36. The number of aromatic nitrogens is 2. The number of amides is 2. The molecule has 2 atom stereocenters. The molecule has 9 heteroatoms. The van der Waals surface area contributed by atoms with E-state index in [9.17, 15) is 9.59 Å². The molecule has 2 aromatic heterocycles. The molecule has 210 valence electrons. The van der Waals surface area contributed by atoms with Crippen molar-refractivity contribution in [2.75, 3.05) is 26.2 Å². The molecule has 2 amide bonds. The number of pyridine rings is 2. The first kappa shape index (κ1) is 28.9. The van der Waals surface area contributed by atoms with Crippen LogP contribution in [0, 0.1) is 13.8 Å². The summed E-state index contributed by atoms with van der Waals surface area (Å²) >= 11 is 0. The average molecular weight is 545 g/mol. The highest BCUT2D eigenvalue weighted by Crippen LogP contribution is 2.25. The zero-order valence-corrected chi connectivity index (χ0v) is 23.0. The number of nitrogens with zero attached hydrogens (tertiary/aromatic N) is 4. The van der Waals surface area contributed by atoms with Crippen molar-refractivity contribution in [3.63, 3.8) is 0 Å². The Morgan fingerprint density at radius 2 is 1.65 bits per heavy atom. The van der Waals surface area contributed by atoms with Gasteiger partial charge in [-0.05, 0) is 67.6 Å². The molecule has 0 radical (unpaired) electrons. The molecule has 1 aromatic carbocycles. The Kier molecular flexibility index (Phi) is 9.96. The van der Waals surface area contributed by atoms with Crippen LogP contribution in [0.3, 0.4) is 0 Å². The molecule has 2 aliphatic rings. The van der Waals surface area contributed by atoms with Gasteiger partial charge in [0.1, 0.15) is 0 Å². The molecule has 0 spiro atoms. The number of benzene rings is 1. The van der Waals surface area contributed by atoms with E-state index in [2.05, 4.69) is 16.0 Å². The van der Waals surface area contributed by atoms with Crippen molar-refractivity contribution in [3.8, 4) is 11.4 Å². The van der Waals surface area contributed by atoms with E-state index in [4.69, 9.17) is 14.6 Å². The van der Waals surface area contributed by atoms with E-state index >= 15 is 0 Å². The molecule has 4 heterocycles. The molecule has 40 heavy (non-hydrogen) atoms. The Bertz CT molecular complexity index is 1310. The lowest BCUT2D eigenvalue weighted by atomic mass is 10.1. The van der Waals surface area contributed by atoms with Gasteiger partial charge in [-0.1, -0.05) is 29.8 Å². The standard InChI is InChI=1S/C30H34N4O3.CH2O2/c1-21-6-8-24(9-7-21)18-30(36)33-19-27-28(20-33)37-15-14-34(27)29(35)5-3-4-23-11-13-32-26(17-23)25-16-22(2)10-12-31-25;2-1-3/h6-13,16-17,27-28H,3-5,14-15,18-20H2,1-2H3;1H,(H,2,3). The summed E-state index contributed by atoms with van der Waals surface area (Å²) in [6.07, 6.45) is 5.91. The summed E-state index contributed by atoms with van der Waals surface area (Å²) in [4.78, 5) is 47.2. The molecular formula is C31H36N4O5. The van der Waals surface area contributed by atoms with Gasteiger partial charge in [-0.2, -0.15) is 0 Å². The van der Waals surface area contributed by atoms with E-state index in [0.29, 0.717) is 39.1 Å². The highest BCUT2D eigenvalue weighted by Gasteiger charge is 2.43. The van der Waals surface area contributed by atoms with Crippen molar-refractivity contribution in [1.29, 1.82) is 0 Å². The Morgan fingerprint density at radius 1 is 0.950 bits per heavy atom. The summed E-state index contributed by atoms with van der Waals surface area (Å²) in [7, 11) is 0. The van der Waals surface area contributed by atoms with Crippen molar-refractivity contribution in [2.45, 2.75) is 51.7 Å². The topological polar surface area (TPSA) is 113 Å². The second-order valence-electron chi connectivity index (χ2n) is 10.3. The van der Waals surface area contributed by atoms with E-state index in [0.717, 1.165) is 40.9 Å². The fourth-order valence-electron chi connectivity index (χ4n) is 5.23. The summed E-state index contributed by atoms with van der Waals surface area (Å²) in [5.74, 6) is 0.228. The van der Waals surface area contributed by atoms with Crippen molar-refractivity contribution in [1.82, 2.24) is 19.8 Å². The Labute approximate surface area is 234 Å². The van der Waals surface area contributed by atoms with E-state index in [1.807, 2.05) is 72.3 Å². The second kappa shape index (κ2) is 13.8. The van der Waals surface area contributed by atoms with Crippen LogP contribution in [0.2, 0.25) is 0 Å². The van der Waals surface area contributed by atoms with Crippen LogP contribution in [0.1, 0.15) is 35.1 Å². The van der Waals surface area contributed by atoms with Crippen LogP contribution < -0.4 is 0 Å². The number of rotatable bonds is 7. The largest absolute Gasteiger partial charge is 0.483 e. The first-order valence-corrected chi connectivity index (χ1v) is 13.6. The van der Waals surface area contributed by atoms with Gasteiger partial charge in [-0.3, -0.25) is 24.4 Å². The van der Waals surface area contributed by atoms with Crippen molar-refractivity contribution in [3.05, 3.63) is 83.2 Å². The van der Waals surface area contributed by atoms with Gasteiger partial charge in [0, 0.05) is 38.4 Å². The van der Waals surface area contributed by atoms with Crippen LogP contribution in [0.25, 0.3) is 11.4 Å². The molecule has 0 aliphatic carbocycles. The summed E-state index contributed by atoms with van der Waals surface area (Å²) < 4.78 is 5.97. The molecule has 2 aliphatic heterocycles. The highest BCUT2D eigenvalue weighted by molar-refractivity contribution is 5.80. The van der Waals surface area contributed by atoms with E-state index in [-0.39, 0.29) is 30.4 Å². The highest BCUT2D eigenvalue weighted by atomic mass is 16.5. The lowest BCUT2D eigenvalue weighted by Crippen LogP contribution is -2.53. The Hall–Kier alpha value is -4.11. The van der Waals surface area contributed by atoms with Gasteiger partial charge in [0.2, 0.25) is 11.8 Å². The van der Waals surface area contributed by atoms with Gasteiger partial charge < -0.3 is 19.6 Å². The third kappa shape index (κ3) is 7.51. The number of morpholine rings is 1. The van der Waals surface area contributed by atoms with Gasteiger partial charge in [0.05, 0.1) is 36.6 Å². The van der Waals surface area contributed by atoms with Crippen LogP contribution in [0.5, 0.6) is 0 Å². The maximum Gasteiger partial charge on any atom is 0.290 e. The van der Waals surface area contributed by atoms with E-state index in [1.165, 1.54) is 5.56 Å². The Morgan fingerprint density at radius 3 is 2.38 bits per heavy atom. The predicted molar refractivity (Wildman–Crippen MR) is 151 cm³/mol. The van der Waals surface area contributed by atoms with Gasteiger partial charge in [0.25, 0.3) is 6.47 Å². The van der Waals surface area contributed by atoms with Gasteiger partial charge >= 0.3 is 0 Å². The maximum atomic E-state index is 13.2. The summed E-state index contributed by atoms with van der Waals surface area (Å²) in [5, 5.41) is 6.89. The SMILES string of the molecule is Cc1ccc(CC(=O)N2CC3OCCN(C(=O)CCCc4ccnc(-c5cc(C)ccn5)c4)C3C2)cc1.O=CO. The zero-order chi connectivity index (χ0) is 28.5. The fraction of sp³-hybridized carbons (Fsp3) is 0.387. The van der Waals surface area contributed by atoms with Crippen LogP contribution in [-0.2, 0) is 32.0 Å². The minimum atomic E-state index is -0.250. The van der Waals surface area contributed by atoms with Crippen LogP contribution in [0.15, 0.2) is 60.9 Å². The summed E-state index contributed by atoms with van der Waals surface area (Å²) in [6, 6.07) is 16.1. The zero-order valence-electron chi connectivity index (χ0n) is 23.0. The number of fused-ring (bicyclic) bond motifs is 1. The third-order valence-corrected chi connectivity index (χ3v) is 7.31. The minimum absolute atomic E-state index is 0.0665. The fourth-order valence-corrected chi connectivity index (χ4v) is 5.23. The monoisotopic (exact) mass is 544 g/mol. The molecule has 2 unspecified atom stereocenters. The number of carbonyl (C=O) groups is 3. The van der Waals surface area contributed by atoms with Crippen LogP contribution in [0.4, 0.5) is 0 Å². The first-order valence-electron chi connectivity index (χ1n) is 13.6. The third-order valence-electron chi connectivity index (χ3n) is 7.31. The molecule has 9 nitrogen and oxygen atoms in total. The molecule has 3 aromatic rings. The first-order chi connectivity index (χ1) is 19.4. The molecule has 0 bridgehead atoms. The van der Waals surface area contributed by atoms with Gasteiger partial charge in [-0.25, -0.2) is 0 Å². The quantitative estimate of drug-likeness (QED) is 0.453. The predicted octanol–water partition coefficient (Wildman–Crippen LogP) is 3.46. The number of hydrogen-bond donors (Lipinski definition) is 1. The van der Waals surface area contributed by atoms with Crippen molar-refractivity contribution in [2.24, 2.45) is 0 Å². The number of aryl methyl sites for hydroxylation is 3. The van der Waals surface area contributed by atoms with E-state index in [1.54, 1.807) is 6.20 Å². The van der Waals surface area contributed by atoms with Gasteiger partial charge in [0.15, 0.2) is 0 Å². The lowest BCUT2D eigenvalue weighted by molar-refractivity contribution is -0.142. The van der Waals surface area contributed by atoms with Crippen molar-refractivity contribution < 1.29 is 24.2 Å². The second-order valence-corrected chi connectivity index (χ2v) is 10.3. The maximum absolute atomic E-state index is 13.2. The number of hydrogen-bond acceptors (Lipinski definition) is 6. The van der Waals surface area contributed by atoms with E-state index < -0.39 is 0 Å². The molecule has 1 N–H and O–H groups in total. The molecule has 2 fully saturated rings. The minimum Gasteiger partial charge on any atom is -0.483 e. The summed E-state index contributed by atoms with van der Waals surface area (Å²) in [6.45, 7) is 6.02. The smallest absolute Gasteiger partial charge is 0.290 e. The summed E-state index contributed by atoms with van der Waals surface area (Å²) in [5.41, 5.74) is 6.20. The molecule has 0 saturated carbocycles. The molecular weight excluding hydrogens is 508 g/mol. The van der Waals surface area contributed by atoms with Crippen LogP contribution in [-0.4, -0.2) is 81.5 Å². The molecule has 5 rings (SSSR count). The van der Waals surface area contributed by atoms with Crippen molar-refractivity contribution >= 4 is 18.3 Å².